The van der Waals surface area contributed by atoms with Crippen molar-refractivity contribution in [2.24, 2.45) is 0 Å². The molecule has 0 aromatic rings. The van der Waals surface area contributed by atoms with Gasteiger partial charge in [-0.25, -0.2) is 0 Å². The molecule has 0 saturated heterocycles. The van der Waals surface area contributed by atoms with E-state index in [0.717, 1.165) is 96.3 Å². The number of esters is 2. The summed E-state index contributed by atoms with van der Waals surface area (Å²) in [4.78, 5) is 24.6. The molecule has 0 spiro atoms. The van der Waals surface area contributed by atoms with Gasteiger partial charge in [0.1, 0.15) is 6.61 Å². The van der Waals surface area contributed by atoms with Gasteiger partial charge < -0.3 is 14.6 Å². The number of hydrogen-bond donors (Lipinski definition) is 1. The van der Waals surface area contributed by atoms with E-state index in [-0.39, 0.29) is 25.2 Å². The molecule has 1 N–H and O–H groups in total. The van der Waals surface area contributed by atoms with Crippen molar-refractivity contribution in [3.8, 4) is 0 Å². The summed E-state index contributed by atoms with van der Waals surface area (Å²) in [7, 11) is 0. The van der Waals surface area contributed by atoms with Gasteiger partial charge in [-0.1, -0.05) is 283 Å². The highest BCUT2D eigenvalue weighted by molar-refractivity contribution is 5.70. The lowest BCUT2D eigenvalue weighted by Crippen LogP contribution is -2.28. The smallest absolute Gasteiger partial charge is 0.306 e. The summed E-state index contributed by atoms with van der Waals surface area (Å²) < 4.78 is 10.7. The summed E-state index contributed by atoms with van der Waals surface area (Å²) >= 11 is 0. The maximum Gasteiger partial charge on any atom is 0.306 e. The number of carbonyl (C=O) groups excluding carboxylic acids is 2. The van der Waals surface area contributed by atoms with E-state index in [9.17, 15) is 14.7 Å². The van der Waals surface area contributed by atoms with Crippen LogP contribution in [0.2, 0.25) is 0 Å². The van der Waals surface area contributed by atoms with Crippen molar-refractivity contribution in [2.75, 3.05) is 13.2 Å². The molecule has 0 saturated carbocycles. The summed E-state index contributed by atoms with van der Waals surface area (Å²) in [6.45, 7) is 4.03. The van der Waals surface area contributed by atoms with Crippen LogP contribution >= 0.6 is 0 Å². The van der Waals surface area contributed by atoms with E-state index in [2.05, 4.69) is 135 Å². The highest BCUT2D eigenvalue weighted by Crippen LogP contribution is 2.16. The van der Waals surface area contributed by atoms with Gasteiger partial charge >= 0.3 is 11.9 Å². The van der Waals surface area contributed by atoms with Gasteiger partial charge in [-0.15, -0.1) is 0 Å². The first-order chi connectivity index (χ1) is 36.6. The minimum absolute atomic E-state index is 0.0724. The maximum atomic E-state index is 12.3. The van der Waals surface area contributed by atoms with Crippen LogP contribution in [0.1, 0.15) is 284 Å². The molecule has 0 radical (unpaired) electrons. The fourth-order valence-corrected chi connectivity index (χ4v) is 8.60. The summed E-state index contributed by atoms with van der Waals surface area (Å²) in [6, 6.07) is 0. The second-order valence-electron chi connectivity index (χ2n) is 20.4. The van der Waals surface area contributed by atoms with E-state index < -0.39 is 6.10 Å². The Morgan fingerprint density at radius 3 is 0.878 bits per heavy atom. The van der Waals surface area contributed by atoms with Crippen molar-refractivity contribution >= 4 is 11.9 Å². The SMILES string of the molecule is CC/C=C\C/C=C\C/C=C\C/C=C\C/C=C\C/C=C\C/C=C\C/C=C\CCCCCCCCCCCCC(=O)OC(CO)COC(=O)CCCCCCCCCCCCCCC/C=C\C/C=C\CCCCCCC. The predicted molar refractivity (Wildman–Crippen MR) is 325 cm³/mol. The largest absolute Gasteiger partial charge is 0.462 e. The molecule has 0 aromatic heterocycles. The van der Waals surface area contributed by atoms with Crippen molar-refractivity contribution in [1.29, 1.82) is 0 Å². The van der Waals surface area contributed by atoms with Crippen molar-refractivity contribution in [3.63, 3.8) is 0 Å². The molecular weight excluding hydrogens is 909 g/mol. The molecule has 5 nitrogen and oxygen atoms in total. The molecule has 0 bridgehead atoms. The zero-order chi connectivity index (χ0) is 53.4. The number of allylic oxidation sites excluding steroid dienone is 20. The molecule has 422 valence electrons. The Bertz CT molecular complexity index is 1490. The standard InChI is InChI=1S/C69H116O5/c1-3-5-7-9-11-13-15-17-19-21-23-25-27-29-30-31-32-33-34-35-36-37-38-40-42-44-46-48-50-52-54-56-58-60-62-64-69(72)74-67(65-70)66-73-68(71)63-61-59-57-55-53-51-49-47-45-43-41-39-28-26-24-22-20-18-16-14-12-10-8-6-4-2/h5,7,11,13,16-19,22-25,29-30,32-33,35-36,38,40,67,70H,3-4,6,8-10,12,14-15,20-21,26-28,31,34,37,39,41-66H2,1-2H3/b7-5-,13-11-,18-16-,19-17-,24-22-,25-23-,30-29-,33-32-,36-35-,40-38-. The van der Waals surface area contributed by atoms with E-state index in [1.54, 1.807) is 0 Å². The van der Waals surface area contributed by atoms with Gasteiger partial charge in [0.25, 0.3) is 0 Å². The lowest BCUT2D eigenvalue weighted by atomic mass is 10.0. The van der Waals surface area contributed by atoms with Crippen LogP contribution in [0.15, 0.2) is 122 Å². The molecule has 0 aliphatic carbocycles. The van der Waals surface area contributed by atoms with E-state index in [1.165, 1.54) is 161 Å². The Morgan fingerprint density at radius 1 is 0.324 bits per heavy atom. The van der Waals surface area contributed by atoms with Gasteiger partial charge in [-0.3, -0.25) is 9.59 Å². The van der Waals surface area contributed by atoms with Crippen LogP contribution in [-0.2, 0) is 19.1 Å². The Balaban J connectivity index is 3.54. The number of aliphatic hydroxyl groups is 1. The predicted octanol–water partition coefficient (Wildman–Crippen LogP) is 21.4. The lowest BCUT2D eigenvalue weighted by Gasteiger charge is -2.15. The second-order valence-corrected chi connectivity index (χ2v) is 20.4. The van der Waals surface area contributed by atoms with E-state index in [1.807, 2.05) is 0 Å². The average molecular weight is 1030 g/mol. The third-order valence-electron chi connectivity index (χ3n) is 13.2. The number of aliphatic hydroxyl groups excluding tert-OH is 1. The Hall–Kier alpha value is -3.70. The second kappa shape index (κ2) is 63.6. The molecule has 0 aliphatic heterocycles. The summed E-state index contributed by atoms with van der Waals surface area (Å²) in [5.41, 5.74) is 0. The minimum atomic E-state index is -0.783. The number of hydrogen-bond acceptors (Lipinski definition) is 5. The fraction of sp³-hybridized carbons (Fsp3) is 0.681. The monoisotopic (exact) mass is 1020 g/mol. The third-order valence-corrected chi connectivity index (χ3v) is 13.2. The summed E-state index contributed by atoms with van der Waals surface area (Å²) in [6.07, 6.45) is 93.2. The van der Waals surface area contributed by atoms with Crippen LogP contribution in [-0.4, -0.2) is 36.4 Å². The molecule has 0 rings (SSSR count). The van der Waals surface area contributed by atoms with Gasteiger partial charge in [0.15, 0.2) is 6.10 Å². The van der Waals surface area contributed by atoms with Gasteiger partial charge in [-0.05, 0) is 109 Å². The fourth-order valence-electron chi connectivity index (χ4n) is 8.60. The average Bonchev–Trinajstić information content (AvgIpc) is 3.40. The minimum Gasteiger partial charge on any atom is -0.462 e. The molecule has 0 amide bonds. The molecule has 1 atom stereocenters. The first-order valence-electron chi connectivity index (χ1n) is 31.1. The Kier molecular flexibility index (Phi) is 60.4. The lowest BCUT2D eigenvalue weighted by molar-refractivity contribution is -0.161. The first kappa shape index (κ1) is 70.3. The maximum absolute atomic E-state index is 12.3. The van der Waals surface area contributed by atoms with Crippen molar-refractivity contribution in [3.05, 3.63) is 122 Å². The molecule has 5 heteroatoms. The van der Waals surface area contributed by atoms with Gasteiger partial charge in [0, 0.05) is 12.8 Å². The highest BCUT2D eigenvalue weighted by atomic mass is 16.6. The molecule has 0 heterocycles. The quantitative estimate of drug-likeness (QED) is 0.0373. The highest BCUT2D eigenvalue weighted by Gasteiger charge is 2.16. The Labute approximate surface area is 458 Å². The van der Waals surface area contributed by atoms with Gasteiger partial charge in [0.05, 0.1) is 6.61 Å². The van der Waals surface area contributed by atoms with Crippen LogP contribution in [0, 0.1) is 0 Å². The van der Waals surface area contributed by atoms with E-state index in [0.29, 0.717) is 12.8 Å². The van der Waals surface area contributed by atoms with Gasteiger partial charge in [0.2, 0.25) is 0 Å². The summed E-state index contributed by atoms with van der Waals surface area (Å²) in [5.74, 6) is -0.595. The van der Waals surface area contributed by atoms with Crippen LogP contribution < -0.4 is 0 Å². The van der Waals surface area contributed by atoms with Crippen LogP contribution in [0.3, 0.4) is 0 Å². The molecule has 74 heavy (non-hydrogen) atoms. The first-order valence-corrected chi connectivity index (χ1v) is 31.1. The van der Waals surface area contributed by atoms with E-state index in [4.69, 9.17) is 9.47 Å². The van der Waals surface area contributed by atoms with Crippen molar-refractivity contribution in [1.82, 2.24) is 0 Å². The number of ether oxygens (including phenoxy) is 2. The van der Waals surface area contributed by atoms with Crippen LogP contribution in [0.5, 0.6) is 0 Å². The zero-order valence-electron chi connectivity index (χ0n) is 48.3. The normalized spacial score (nSPS) is 13.1. The molecule has 0 aliphatic rings. The number of rotatable bonds is 56. The molecule has 0 aromatic carbocycles. The molecular formula is C69H116O5. The molecule has 1 unspecified atom stereocenters. The molecule has 0 fully saturated rings. The van der Waals surface area contributed by atoms with Crippen LogP contribution in [0.4, 0.5) is 0 Å². The van der Waals surface area contributed by atoms with Crippen LogP contribution in [0.25, 0.3) is 0 Å². The summed E-state index contributed by atoms with van der Waals surface area (Å²) in [5, 5.41) is 9.68. The topological polar surface area (TPSA) is 72.8 Å². The van der Waals surface area contributed by atoms with Crippen molar-refractivity contribution < 1.29 is 24.2 Å². The van der Waals surface area contributed by atoms with Gasteiger partial charge in [-0.2, -0.15) is 0 Å². The zero-order valence-corrected chi connectivity index (χ0v) is 48.3. The third kappa shape index (κ3) is 60.9. The number of unbranched alkanes of at least 4 members (excludes halogenated alkanes) is 28. The Morgan fingerprint density at radius 2 is 0.581 bits per heavy atom. The van der Waals surface area contributed by atoms with Crippen molar-refractivity contribution in [2.45, 2.75) is 290 Å². The number of carbonyl (C=O) groups is 2. The van der Waals surface area contributed by atoms with E-state index >= 15 is 0 Å².